The highest BCUT2D eigenvalue weighted by atomic mass is 16.5. The third kappa shape index (κ3) is 4.21. The molecule has 1 aromatic rings. The molecule has 0 aliphatic carbocycles. The Hall–Kier alpha value is -1.89. The molecule has 2 amide bonds. The van der Waals surface area contributed by atoms with Crippen molar-refractivity contribution in [3.8, 4) is 0 Å². The molecule has 1 aliphatic rings. The second-order valence-electron chi connectivity index (χ2n) is 6.98. The Balaban J connectivity index is 1.93. The van der Waals surface area contributed by atoms with Crippen LogP contribution in [-0.2, 0) is 20.9 Å². The van der Waals surface area contributed by atoms with E-state index in [4.69, 9.17) is 4.74 Å². The van der Waals surface area contributed by atoms with Crippen LogP contribution in [0.3, 0.4) is 0 Å². The number of hydrogen-bond acceptors (Lipinski definition) is 4. The van der Waals surface area contributed by atoms with E-state index in [1.807, 2.05) is 18.5 Å². The first-order valence-corrected chi connectivity index (χ1v) is 8.85. The van der Waals surface area contributed by atoms with E-state index < -0.39 is 5.54 Å². The molecule has 1 N–H and O–H groups in total. The van der Waals surface area contributed by atoms with E-state index in [-0.39, 0.29) is 18.2 Å². The summed E-state index contributed by atoms with van der Waals surface area (Å²) in [5, 5.41) is 7.44. The van der Waals surface area contributed by atoms with Crippen molar-refractivity contribution in [2.75, 3.05) is 26.8 Å². The topological polar surface area (TPSA) is 76.5 Å². The number of aryl methyl sites for hydroxylation is 1. The lowest BCUT2D eigenvalue weighted by Gasteiger charge is -2.37. The Kier molecular flexibility index (Phi) is 6.21. The number of likely N-dealkylation sites (tertiary alicyclic amines) is 1. The van der Waals surface area contributed by atoms with Crippen molar-refractivity contribution in [1.82, 2.24) is 20.0 Å². The van der Waals surface area contributed by atoms with Crippen LogP contribution in [0.1, 0.15) is 43.1 Å². The van der Waals surface area contributed by atoms with Crippen molar-refractivity contribution < 1.29 is 14.3 Å². The number of rotatable bonds is 7. The van der Waals surface area contributed by atoms with Crippen LogP contribution in [0, 0.1) is 20.8 Å². The molecule has 1 fully saturated rings. The molecule has 1 aliphatic heterocycles. The first kappa shape index (κ1) is 19.4. The van der Waals surface area contributed by atoms with E-state index in [0.717, 1.165) is 24.2 Å². The molecule has 0 saturated carbocycles. The summed E-state index contributed by atoms with van der Waals surface area (Å²) in [4.78, 5) is 26.2. The van der Waals surface area contributed by atoms with Crippen molar-refractivity contribution in [3.63, 3.8) is 0 Å². The van der Waals surface area contributed by atoms with E-state index in [1.165, 1.54) is 5.56 Å². The maximum absolute atomic E-state index is 12.5. The van der Waals surface area contributed by atoms with Crippen LogP contribution in [0.5, 0.6) is 0 Å². The van der Waals surface area contributed by atoms with E-state index >= 15 is 0 Å². The van der Waals surface area contributed by atoms with Crippen molar-refractivity contribution >= 4 is 11.8 Å². The summed E-state index contributed by atoms with van der Waals surface area (Å²) in [7, 11) is 1.61. The molecule has 140 valence electrons. The monoisotopic (exact) mass is 350 g/mol. The third-order valence-corrected chi connectivity index (χ3v) is 5.27. The van der Waals surface area contributed by atoms with Gasteiger partial charge in [-0.3, -0.25) is 14.3 Å². The molecular weight excluding hydrogens is 320 g/mol. The zero-order valence-electron chi connectivity index (χ0n) is 16.0. The van der Waals surface area contributed by atoms with Crippen molar-refractivity contribution in [2.24, 2.45) is 0 Å². The fraction of sp³-hybridized carbons (Fsp3) is 0.722. The number of methoxy groups -OCH3 is 1. The summed E-state index contributed by atoms with van der Waals surface area (Å²) in [5.41, 5.74) is 2.82. The number of carbonyl (C=O) groups excluding carboxylic acids is 2. The predicted octanol–water partition coefficient (Wildman–Crippen LogP) is 1.34. The Morgan fingerprint density at radius 3 is 2.60 bits per heavy atom. The van der Waals surface area contributed by atoms with Crippen LogP contribution in [0.2, 0.25) is 0 Å². The van der Waals surface area contributed by atoms with E-state index in [2.05, 4.69) is 17.3 Å². The normalized spacial score (nSPS) is 20.1. The minimum Gasteiger partial charge on any atom is -0.382 e. The summed E-state index contributed by atoms with van der Waals surface area (Å²) in [6.45, 7) is 9.86. The fourth-order valence-electron chi connectivity index (χ4n) is 3.75. The lowest BCUT2D eigenvalue weighted by molar-refractivity contribution is -0.137. The number of amides is 2. The SMILES string of the molecule is COC[C@]1(CC(=O)NCCn2nc(C)c(C)c2C)CCCN1C(C)=O. The largest absolute Gasteiger partial charge is 0.382 e. The quantitative estimate of drug-likeness (QED) is 0.805. The van der Waals surface area contributed by atoms with Crippen molar-refractivity contribution in [1.29, 1.82) is 0 Å². The number of aromatic nitrogens is 2. The Bertz CT molecular complexity index is 641. The second-order valence-corrected chi connectivity index (χ2v) is 6.98. The minimum atomic E-state index is -0.514. The lowest BCUT2D eigenvalue weighted by Crippen LogP contribution is -2.52. The summed E-state index contributed by atoms with van der Waals surface area (Å²) in [5.74, 6) is -0.0519. The molecule has 0 unspecified atom stereocenters. The van der Waals surface area contributed by atoms with Crippen LogP contribution < -0.4 is 5.32 Å². The predicted molar refractivity (Wildman–Crippen MR) is 95.3 cm³/mol. The van der Waals surface area contributed by atoms with Crippen LogP contribution in [0.15, 0.2) is 0 Å². The summed E-state index contributed by atoms with van der Waals surface area (Å²) in [6.07, 6.45) is 1.97. The molecule has 1 atom stereocenters. The molecule has 1 aromatic heterocycles. The Morgan fingerprint density at radius 1 is 1.32 bits per heavy atom. The summed E-state index contributed by atoms with van der Waals surface area (Å²) in [6, 6.07) is 0. The highest BCUT2D eigenvalue weighted by Crippen LogP contribution is 2.33. The lowest BCUT2D eigenvalue weighted by atomic mass is 9.92. The standard InChI is InChI=1S/C18H30N4O3/c1-13-14(2)20-22(15(13)3)10-8-19-17(24)11-18(12-25-5)7-6-9-21(18)16(4)23/h6-12H2,1-5H3,(H,19,24)/t18-/m1/s1. The highest BCUT2D eigenvalue weighted by Gasteiger charge is 2.44. The van der Waals surface area contributed by atoms with Gasteiger partial charge in [-0.25, -0.2) is 0 Å². The smallest absolute Gasteiger partial charge is 0.222 e. The molecule has 0 aromatic carbocycles. The fourth-order valence-corrected chi connectivity index (χ4v) is 3.75. The second kappa shape index (κ2) is 7.99. The molecule has 0 spiro atoms. The van der Waals surface area contributed by atoms with Gasteiger partial charge in [0.05, 0.1) is 30.8 Å². The molecule has 2 heterocycles. The van der Waals surface area contributed by atoms with Gasteiger partial charge >= 0.3 is 0 Å². The minimum absolute atomic E-state index is 0.000432. The maximum Gasteiger partial charge on any atom is 0.222 e. The van der Waals surface area contributed by atoms with Gasteiger partial charge in [-0.05, 0) is 39.2 Å². The molecule has 0 radical (unpaired) electrons. The first-order valence-electron chi connectivity index (χ1n) is 8.85. The molecular formula is C18H30N4O3. The molecule has 7 heteroatoms. The zero-order valence-corrected chi connectivity index (χ0v) is 16.0. The highest BCUT2D eigenvalue weighted by molar-refractivity contribution is 5.80. The Labute approximate surface area is 149 Å². The average Bonchev–Trinajstić information content (AvgIpc) is 3.05. The zero-order chi connectivity index (χ0) is 18.6. The Morgan fingerprint density at radius 2 is 2.04 bits per heavy atom. The number of ether oxygens (including phenoxy) is 1. The van der Waals surface area contributed by atoms with Gasteiger partial charge in [0.15, 0.2) is 0 Å². The van der Waals surface area contributed by atoms with Crippen LogP contribution in [-0.4, -0.2) is 58.8 Å². The number of carbonyl (C=O) groups is 2. The average molecular weight is 350 g/mol. The molecule has 1 saturated heterocycles. The molecule has 7 nitrogen and oxygen atoms in total. The van der Waals surface area contributed by atoms with Crippen molar-refractivity contribution in [2.45, 2.75) is 59.0 Å². The van der Waals surface area contributed by atoms with E-state index in [9.17, 15) is 9.59 Å². The van der Waals surface area contributed by atoms with Gasteiger partial charge in [0.25, 0.3) is 0 Å². The van der Waals surface area contributed by atoms with Crippen molar-refractivity contribution in [3.05, 3.63) is 17.0 Å². The molecule has 25 heavy (non-hydrogen) atoms. The van der Waals surface area contributed by atoms with E-state index in [1.54, 1.807) is 18.9 Å². The maximum atomic E-state index is 12.5. The number of nitrogens with one attached hydrogen (secondary N) is 1. The van der Waals surface area contributed by atoms with Crippen LogP contribution >= 0.6 is 0 Å². The van der Waals surface area contributed by atoms with E-state index in [0.29, 0.717) is 26.2 Å². The summed E-state index contributed by atoms with van der Waals surface area (Å²) >= 11 is 0. The van der Waals surface area contributed by atoms with Crippen LogP contribution in [0.4, 0.5) is 0 Å². The number of nitrogens with zero attached hydrogens (tertiary/aromatic N) is 3. The first-order chi connectivity index (χ1) is 11.8. The van der Waals surface area contributed by atoms with Gasteiger partial charge in [0.2, 0.25) is 11.8 Å². The van der Waals surface area contributed by atoms with Gasteiger partial charge in [0, 0.05) is 32.8 Å². The van der Waals surface area contributed by atoms with Gasteiger partial charge in [-0.2, -0.15) is 5.10 Å². The van der Waals surface area contributed by atoms with Gasteiger partial charge in [-0.1, -0.05) is 0 Å². The molecule has 0 bridgehead atoms. The van der Waals surface area contributed by atoms with Gasteiger partial charge < -0.3 is 15.0 Å². The number of hydrogen-bond donors (Lipinski definition) is 1. The van der Waals surface area contributed by atoms with Gasteiger partial charge in [0.1, 0.15) is 0 Å². The molecule has 2 rings (SSSR count). The van der Waals surface area contributed by atoms with Gasteiger partial charge in [-0.15, -0.1) is 0 Å². The van der Waals surface area contributed by atoms with Crippen LogP contribution in [0.25, 0.3) is 0 Å². The summed E-state index contributed by atoms with van der Waals surface area (Å²) < 4.78 is 7.25. The third-order valence-electron chi connectivity index (χ3n) is 5.27.